The van der Waals surface area contributed by atoms with Gasteiger partial charge in [0.15, 0.2) is 0 Å². The van der Waals surface area contributed by atoms with Crippen LogP contribution < -0.4 is 5.32 Å². The summed E-state index contributed by atoms with van der Waals surface area (Å²) < 4.78 is 5.35. The van der Waals surface area contributed by atoms with Crippen LogP contribution in [0.25, 0.3) is 0 Å². The van der Waals surface area contributed by atoms with Crippen molar-refractivity contribution in [3.63, 3.8) is 0 Å². The highest BCUT2D eigenvalue weighted by Gasteiger charge is 2.38. The monoisotopic (exact) mass is 244 g/mol. The number of benzene rings is 1. The maximum atomic E-state index is 12.0. The van der Waals surface area contributed by atoms with Crippen LogP contribution in [-0.2, 0) is 11.3 Å². The summed E-state index contributed by atoms with van der Waals surface area (Å²) in [7, 11) is 0. The van der Waals surface area contributed by atoms with Crippen molar-refractivity contribution in [2.75, 3.05) is 6.54 Å². The van der Waals surface area contributed by atoms with Crippen molar-refractivity contribution >= 4 is 6.09 Å². The van der Waals surface area contributed by atoms with Crippen molar-refractivity contribution in [2.24, 2.45) is 0 Å². The van der Waals surface area contributed by atoms with E-state index in [1.54, 1.807) is 4.90 Å². The molecule has 1 N–H and O–H groups in total. The Morgan fingerprint density at radius 2 is 2.22 bits per heavy atom. The van der Waals surface area contributed by atoms with Gasteiger partial charge in [0.05, 0.1) is 12.1 Å². The molecule has 0 aromatic heterocycles. The first-order valence-electron chi connectivity index (χ1n) is 6.24. The lowest BCUT2D eigenvalue weighted by molar-refractivity contribution is 0.0970. The van der Waals surface area contributed by atoms with Crippen LogP contribution in [0.3, 0.4) is 0 Å². The van der Waals surface area contributed by atoms with Gasteiger partial charge < -0.3 is 10.1 Å². The second kappa shape index (κ2) is 4.72. The molecule has 0 bridgehead atoms. The molecule has 1 saturated heterocycles. The molecule has 0 unspecified atom stereocenters. The molecule has 0 saturated carbocycles. The van der Waals surface area contributed by atoms with E-state index < -0.39 is 0 Å². The maximum absolute atomic E-state index is 12.0. The number of carbonyl (C=O) groups is 1. The molecular weight excluding hydrogens is 228 g/mol. The summed E-state index contributed by atoms with van der Waals surface area (Å²) in [5.74, 6) is 0. The fraction of sp³-hybridized carbons (Fsp3) is 0.357. The van der Waals surface area contributed by atoms with Gasteiger partial charge in [-0.2, -0.15) is 0 Å². The highest BCUT2D eigenvalue weighted by atomic mass is 16.6. The van der Waals surface area contributed by atoms with Gasteiger partial charge in [0, 0.05) is 6.54 Å². The minimum absolute atomic E-state index is 0.160. The molecule has 18 heavy (non-hydrogen) atoms. The van der Waals surface area contributed by atoms with E-state index in [-0.39, 0.29) is 12.1 Å². The molecule has 0 radical (unpaired) electrons. The van der Waals surface area contributed by atoms with E-state index in [1.807, 2.05) is 42.6 Å². The van der Waals surface area contributed by atoms with Crippen molar-refractivity contribution in [2.45, 2.75) is 25.1 Å². The second-order valence-corrected chi connectivity index (χ2v) is 4.65. The number of ether oxygens (including phenoxy) is 1. The molecule has 2 aliphatic rings. The Bertz CT molecular complexity index is 458. The standard InChI is InChI=1S/C14H16N2O2/c17-14(18-10-11-4-2-1-3-5-11)16-9-7-12-13(16)6-8-15-12/h1-6,8,12-13,15H,7,9-10H2/t12-,13+/m0/s1. The predicted octanol–water partition coefficient (Wildman–Crippen LogP) is 1.88. The van der Waals surface area contributed by atoms with Gasteiger partial charge in [-0.15, -0.1) is 0 Å². The van der Waals surface area contributed by atoms with Gasteiger partial charge in [-0.05, 0) is 24.3 Å². The van der Waals surface area contributed by atoms with Crippen LogP contribution in [0.15, 0.2) is 42.6 Å². The number of fused-ring (bicyclic) bond motifs is 1. The zero-order valence-corrected chi connectivity index (χ0v) is 10.1. The van der Waals surface area contributed by atoms with Crippen molar-refractivity contribution in [3.05, 3.63) is 48.2 Å². The summed E-state index contributed by atoms with van der Waals surface area (Å²) in [6, 6.07) is 10.3. The van der Waals surface area contributed by atoms with Crippen LogP contribution in [0, 0.1) is 0 Å². The first-order valence-corrected chi connectivity index (χ1v) is 6.24. The van der Waals surface area contributed by atoms with Crippen LogP contribution in [-0.4, -0.2) is 29.6 Å². The average Bonchev–Trinajstić information content (AvgIpc) is 2.99. The Balaban J connectivity index is 1.57. The lowest BCUT2D eigenvalue weighted by Gasteiger charge is -2.21. The number of carbonyl (C=O) groups excluding carboxylic acids is 1. The molecule has 3 rings (SSSR count). The normalized spacial score (nSPS) is 24.8. The highest BCUT2D eigenvalue weighted by molar-refractivity contribution is 5.69. The van der Waals surface area contributed by atoms with Gasteiger partial charge in [0.25, 0.3) is 0 Å². The van der Waals surface area contributed by atoms with E-state index in [9.17, 15) is 4.79 Å². The Morgan fingerprint density at radius 1 is 1.39 bits per heavy atom. The minimum atomic E-state index is -0.222. The fourth-order valence-electron chi connectivity index (χ4n) is 2.53. The number of likely N-dealkylation sites (tertiary alicyclic amines) is 1. The molecule has 1 amide bonds. The summed E-state index contributed by atoms with van der Waals surface area (Å²) in [6.07, 6.45) is 4.71. The van der Waals surface area contributed by atoms with E-state index in [4.69, 9.17) is 4.74 Å². The summed E-state index contributed by atoms with van der Waals surface area (Å²) in [5, 5.41) is 3.25. The third kappa shape index (κ3) is 2.06. The Hall–Kier alpha value is -1.97. The smallest absolute Gasteiger partial charge is 0.410 e. The molecule has 0 spiro atoms. The summed E-state index contributed by atoms with van der Waals surface area (Å²) in [6.45, 7) is 1.10. The van der Waals surface area contributed by atoms with Crippen molar-refractivity contribution < 1.29 is 9.53 Å². The number of nitrogens with one attached hydrogen (secondary N) is 1. The number of hydrogen-bond donors (Lipinski definition) is 1. The zero-order chi connectivity index (χ0) is 12.4. The molecule has 0 aliphatic carbocycles. The van der Waals surface area contributed by atoms with Crippen LogP contribution >= 0.6 is 0 Å². The molecular formula is C14H16N2O2. The summed E-state index contributed by atoms with van der Waals surface area (Å²) >= 11 is 0. The van der Waals surface area contributed by atoms with Gasteiger partial charge in [-0.3, -0.25) is 4.90 Å². The summed E-state index contributed by atoms with van der Waals surface area (Å²) in [4.78, 5) is 13.8. The number of hydrogen-bond acceptors (Lipinski definition) is 3. The lowest BCUT2D eigenvalue weighted by Crippen LogP contribution is -2.39. The van der Waals surface area contributed by atoms with E-state index in [0.29, 0.717) is 12.6 Å². The number of nitrogens with zero attached hydrogens (tertiary/aromatic N) is 1. The summed E-state index contributed by atoms with van der Waals surface area (Å²) in [5.41, 5.74) is 1.02. The largest absolute Gasteiger partial charge is 0.445 e. The van der Waals surface area contributed by atoms with Crippen molar-refractivity contribution in [1.82, 2.24) is 10.2 Å². The van der Waals surface area contributed by atoms with Crippen LogP contribution in [0.4, 0.5) is 4.79 Å². The molecule has 2 atom stereocenters. The van der Waals surface area contributed by atoms with Gasteiger partial charge in [-0.1, -0.05) is 30.3 Å². The number of rotatable bonds is 2. The van der Waals surface area contributed by atoms with E-state index in [1.165, 1.54) is 0 Å². The Kier molecular flexibility index (Phi) is 2.92. The van der Waals surface area contributed by atoms with Gasteiger partial charge in [-0.25, -0.2) is 4.79 Å². The molecule has 1 fully saturated rings. The second-order valence-electron chi connectivity index (χ2n) is 4.65. The van der Waals surface area contributed by atoms with Crippen molar-refractivity contribution in [1.29, 1.82) is 0 Å². The molecule has 4 heteroatoms. The van der Waals surface area contributed by atoms with E-state index >= 15 is 0 Å². The highest BCUT2D eigenvalue weighted by Crippen LogP contribution is 2.23. The van der Waals surface area contributed by atoms with Crippen LogP contribution in [0.2, 0.25) is 0 Å². The fourth-order valence-corrected chi connectivity index (χ4v) is 2.53. The van der Waals surface area contributed by atoms with Crippen molar-refractivity contribution in [3.8, 4) is 0 Å². The molecule has 4 nitrogen and oxygen atoms in total. The molecule has 2 heterocycles. The first kappa shape index (κ1) is 11.1. The Morgan fingerprint density at radius 3 is 3.06 bits per heavy atom. The predicted molar refractivity (Wildman–Crippen MR) is 67.8 cm³/mol. The quantitative estimate of drug-likeness (QED) is 0.863. The zero-order valence-electron chi connectivity index (χ0n) is 10.1. The van der Waals surface area contributed by atoms with Gasteiger partial charge in [0.1, 0.15) is 6.61 Å². The van der Waals surface area contributed by atoms with Gasteiger partial charge in [0.2, 0.25) is 0 Å². The third-order valence-electron chi connectivity index (χ3n) is 3.50. The van der Waals surface area contributed by atoms with Gasteiger partial charge >= 0.3 is 6.09 Å². The van der Waals surface area contributed by atoms with E-state index in [0.717, 1.165) is 18.5 Å². The van der Waals surface area contributed by atoms with Crippen LogP contribution in [0.5, 0.6) is 0 Å². The topological polar surface area (TPSA) is 41.6 Å². The first-order chi connectivity index (χ1) is 8.84. The number of amides is 1. The van der Waals surface area contributed by atoms with Crippen LogP contribution in [0.1, 0.15) is 12.0 Å². The SMILES string of the molecule is O=C(OCc1ccccc1)N1CC[C@@H]2NC=C[C@H]21. The Labute approximate surface area is 106 Å². The third-order valence-corrected chi connectivity index (χ3v) is 3.50. The molecule has 94 valence electrons. The minimum Gasteiger partial charge on any atom is -0.445 e. The maximum Gasteiger partial charge on any atom is 0.410 e. The molecule has 1 aromatic carbocycles. The average molecular weight is 244 g/mol. The van der Waals surface area contributed by atoms with E-state index in [2.05, 4.69) is 5.32 Å². The molecule has 1 aromatic rings. The lowest BCUT2D eigenvalue weighted by atomic mass is 10.2. The molecule has 2 aliphatic heterocycles.